The van der Waals surface area contributed by atoms with E-state index in [1.165, 1.54) is 35.4 Å². The molecule has 0 saturated carbocycles. The highest BCUT2D eigenvalue weighted by molar-refractivity contribution is 6.30. The number of halogens is 1. The summed E-state index contributed by atoms with van der Waals surface area (Å²) in [4.78, 5) is 24.7. The number of nitrogens with zero attached hydrogens (tertiary/aromatic N) is 2. The third-order valence-electron chi connectivity index (χ3n) is 3.60. The molecular formula is C18H13ClN2O4. The number of carbonyl (C=O) groups is 1. The second-order valence-corrected chi connectivity index (χ2v) is 5.69. The third-order valence-corrected chi connectivity index (χ3v) is 3.85. The van der Waals surface area contributed by atoms with E-state index in [1.807, 2.05) is 0 Å². The molecule has 7 heteroatoms. The van der Waals surface area contributed by atoms with Gasteiger partial charge in [-0.1, -0.05) is 11.6 Å². The Morgan fingerprint density at radius 1 is 1.08 bits per heavy atom. The Morgan fingerprint density at radius 3 is 2.32 bits per heavy atom. The summed E-state index contributed by atoms with van der Waals surface area (Å²) >= 11 is 5.92. The minimum absolute atomic E-state index is 0.0689. The molecule has 0 aliphatic carbocycles. The second-order valence-electron chi connectivity index (χ2n) is 5.25. The number of nitro groups is 1. The van der Waals surface area contributed by atoms with Crippen LogP contribution in [-0.4, -0.2) is 10.8 Å². The Balaban J connectivity index is 1.93. The van der Waals surface area contributed by atoms with Gasteiger partial charge in [-0.15, -0.1) is 0 Å². The van der Waals surface area contributed by atoms with Gasteiger partial charge in [0.2, 0.25) is 0 Å². The van der Waals surface area contributed by atoms with Crippen LogP contribution in [0.15, 0.2) is 71.3 Å². The third kappa shape index (κ3) is 3.87. The lowest BCUT2D eigenvalue weighted by Crippen LogP contribution is -2.30. The van der Waals surface area contributed by atoms with Crippen LogP contribution in [0.1, 0.15) is 16.1 Å². The largest absolute Gasteiger partial charge is 0.467 e. The molecule has 0 aliphatic rings. The summed E-state index contributed by atoms with van der Waals surface area (Å²) in [5, 5.41) is 11.3. The summed E-state index contributed by atoms with van der Waals surface area (Å²) in [5.41, 5.74) is 0.914. The minimum atomic E-state index is -0.506. The van der Waals surface area contributed by atoms with E-state index in [0.717, 1.165) is 0 Å². The molecule has 2 aromatic carbocycles. The van der Waals surface area contributed by atoms with Gasteiger partial charge in [-0.05, 0) is 48.5 Å². The number of nitro benzene ring substituents is 1. The lowest BCUT2D eigenvalue weighted by Gasteiger charge is -2.22. The molecule has 1 aromatic heterocycles. The zero-order valence-corrected chi connectivity index (χ0v) is 13.7. The van der Waals surface area contributed by atoms with E-state index >= 15 is 0 Å². The van der Waals surface area contributed by atoms with E-state index in [1.54, 1.807) is 36.4 Å². The predicted octanol–water partition coefficient (Wildman–Crippen LogP) is 4.69. The van der Waals surface area contributed by atoms with Crippen LogP contribution < -0.4 is 4.90 Å². The second kappa shape index (κ2) is 7.19. The Morgan fingerprint density at radius 2 is 1.76 bits per heavy atom. The highest BCUT2D eigenvalue weighted by Gasteiger charge is 2.20. The summed E-state index contributed by atoms with van der Waals surface area (Å²) < 4.78 is 5.34. The molecule has 0 fully saturated rings. The molecule has 0 saturated heterocycles. The maximum atomic E-state index is 12.9. The maximum Gasteiger partial charge on any atom is 0.269 e. The van der Waals surface area contributed by atoms with Gasteiger partial charge in [-0.3, -0.25) is 14.9 Å². The van der Waals surface area contributed by atoms with Crippen molar-refractivity contribution >= 4 is 28.9 Å². The first-order valence-electron chi connectivity index (χ1n) is 7.39. The number of anilines is 1. The van der Waals surface area contributed by atoms with Gasteiger partial charge in [0.25, 0.3) is 11.6 Å². The topological polar surface area (TPSA) is 76.6 Å². The molecule has 0 N–H and O–H groups in total. The van der Waals surface area contributed by atoms with Gasteiger partial charge >= 0.3 is 0 Å². The fourth-order valence-corrected chi connectivity index (χ4v) is 2.47. The molecule has 3 aromatic rings. The van der Waals surface area contributed by atoms with Gasteiger partial charge in [-0.2, -0.15) is 0 Å². The molecule has 0 bridgehead atoms. The smallest absolute Gasteiger partial charge is 0.269 e. The number of furan rings is 1. The van der Waals surface area contributed by atoms with Crippen molar-refractivity contribution in [2.75, 3.05) is 4.90 Å². The van der Waals surface area contributed by atoms with Crippen molar-refractivity contribution in [2.24, 2.45) is 0 Å². The van der Waals surface area contributed by atoms with E-state index in [-0.39, 0.29) is 18.1 Å². The van der Waals surface area contributed by atoms with Crippen molar-refractivity contribution in [2.45, 2.75) is 6.54 Å². The summed E-state index contributed by atoms with van der Waals surface area (Å²) in [7, 11) is 0. The van der Waals surface area contributed by atoms with Crippen LogP contribution in [0.25, 0.3) is 0 Å². The monoisotopic (exact) mass is 356 g/mol. The molecule has 0 unspecified atom stereocenters. The Bertz CT molecular complexity index is 874. The molecule has 0 atom stereocenters. The molecule has 1 amide bonds. The Hall–Kier alpha value is -3.12. The van der Waals surface area contributed by atoms with E-state index in [0.29, 0.717) is 22.0 Å². The van der Waals surface area contributed by atoms with Gasteiger partial charge < -0.3 is 9.32 Å². The summed E-state index contributed by atoms with van der Waals surface area (Å²) in [5.74, 6) is 0.318. The van der Waals surface area contributed by atoms with Crippen LogP contribution in [-0.2, 0) is 6.54 Å². The number of rotatable bonds is 5. The molecule has 1 heterocycles. The van der Waals surface area contributed by atoms with Gasteiger partial charge in [0.15, 0.2) is 0 Å². The fraction of sp³-hybridized carbons (Fsp3) is 0.0556. The van der Waals surface area contributed by atoms with E-state index < -0.39 is 4.92 Å². The normalized spacial score (nSPS) is 10.4. The number of hydrogen-bond acceptors (Lipinski definition) is 4. The lowest BCUT2D eigenvalue weighted by atomic mass is 10.1. The van der Waals surface area contributed by atoms with Gasteiger partial charge in [0.1, 0.15) is 5.76 Å². The maximum absolute atomic E-state index is 12.9. The van der Waals surface area contributed by atoms with Crippen molar-refractivity contribution < 1.29 is 14.1 Å². The van der Waals surface area contributed by atoms with Crippen LogP contribution in [0.4, 0.5) is 11.4 Å². The van der Waals surface area contributed by atoms with Crippen molar-refractivity contribution in [3.05, 3.63) is 93.4 Å². The minimum Gasteiger partial charge on any atom is -0.467 e. The number of benzene rings is 2. The van der Waals surface area contributed by atoms with Crippen molar-refractivity contribution in [1.29, 1.82) is 0 Å². The first-order chi connectivity index (χ1) is 12.0. The average Bonchev–Trinajstić information content (AvgIpc) is 3.13. The molecule has 6 nitrogen and oxygen atoms in total. The van der Waals surface area contributed by atoms with Crippen LogP contribution in [0.5, 0.6) is 0 Å². The molecule has 126 valence electrons. The zero-order valence-electron chi connectivity index (χ0n) is 13.0. The van der Waals surface area contributed by atoms with Crippen LogP contribution >= 0.6 is 11.6 Å². The fourth-order valence-electron chi connectivity index (χ4n) is 2.34. The van der Waals surface area contributed by atoms with Crippen molar-refractivity contribution in [3.63, 3.8) is 0 Å². The molecule has 0 aliphatic heterocycles. The number of non-ortho nitro benzene ring substituents is 1. The highest BCUT2D eigenvalue weighted by Crippen LogP contribution is 2.23. The van der Waals surface area contributed by atoms with Gasteiger partial charge in [0, 0.05) is 28.4 Å². The molecular weight excluding hydrogens is 344 g/mol. The van der Waals surface area contributed by atoms with Crippen LogP contribution in [0.3, 0.4) is 0 Å². The molecule has 3 rings (SSSR count). The summed E-state index contributed by atoms with van der Waals surface area (Å²) in [6.07, 6.45) is 1.53. The zero-order chi connectivity index (χ0) is 17.8. The molecule has 0 radical (unpaired) electrons. The van der Waals surface area contributed by atoms with Crippen LogP contribution in [0, 0.1) is 10.1 Å². The Kier molecular flexibility index (Phi) is 4.81. The molecule has 0 spiro atoms. The van der Waals surface area contributed by atoms with Crippen molar-refractivity contribution in [3.8, 4) is 0 Å². The Labute approximate surface area is 148 Å². The predicted molar refractivity (Wildman–Crippen MR) is 93.8 cm³/mol. The number of hydrogen-bond donors (Lipinski definition) is 0. The number of carbonyl (C=O) groups excluding carboxylic acids is 1. The summed E-state index contributed by atoms with van der Waals surface area (Å²) in [6, 6.07) is 15.8. The van der Waals surface area contributed by atoms with Crippen LogP contribution in [0.2, 0.25) is 5.02 Å². The number of amides is 1. The van der Waals surface area contributed by atoms with E-state index in [9.17, 15) is 14.9 Å². The standard InChI is InChI=1S/C18H13ClN2O4/c19-14-5-9-15(10-6-14)20(12-17-2-1-11-25-17)18(22)13-3-7-16(8-4-13)21(23)24/h1-11H,12H2. The molecule has 25 heavy (non-hydrogen) atoms. The van der Waals surface area contributed by atoms with E-state index in [2.05, 4.69) is 0 Å². The first-order valence-corrected chi connectivity index (χ1v) is 7.76. The lowest BCUT2D eigenvalue weighted by molar-refractivity contribution is -0.384. The summed E-state index contributed by atoms with van der Waals surface area (Å²) in [6.45, 7) is 0.227. The highest BCUT2D eigenvalue weighted by atomic mass is 35.5. The van der Waals surface area contributed by atoms with Crippen molar-refractivity contribution in [1.82, 2.24) is 0 Å². The first kappa shape index (κ1) is 16.7. The van der Waals surface area contributed by atoms with E-state index in [4.69, 9.17) is 16.0 Å². The van der Waals surface area contributed by atoms with Gasteiger partial charge in [0.05, 0.1) is 17.7 Å². The quantitative estimate of drug-likeness (QED) is 0.491. The van der Waals surface area contributed by atoms with Gasteiger partial charge in [-0.25, -0.2) is 0 Å². The average molecular weight is 357 g/mol. The SMILES string of the molecule is O=C(c1ccc([N+](=O)[O-])cc1)N(Cc1ccco1)c1ccc(Cl)cc1.